The third-order valence-corrected chi connectivity index (χ3v) is 4.51. The van der Waals surface area contributed by atoms with Crippen molar-refractivity contribution >= 4 is 5.97 Å². The summed E-state index contributed by atoms with van der Waals surface area (Å²) >= 11 is 0. The van der Waals surface area contributed by atoms with Crippen LogP contribution < -0.4 is 0 Å². The number of carbonyl (C=O) groups is 1. The molecule has 0 aliphatic heterocycles. The predicted octanol–water partition coefficient (Wildman–Crippen LogP) is 1.88. The topological polar surface area (TPSA) is 77.8 Å². The first-order valence-corrected chi connectivity index (χ1v) is 6.71. The largest absolute Gasteiger partial charge is 0.478 e. The maximum atomic E-state index is 11.0. The number of aliphatic carboxylic acids is 1. The molecule has 0 aromatic carbocycles. The smallest absolute Gasteiger partial charge is 0.331 e. The molecule has 2 aliphatic rings. The predicted molar refractivity (Wildman–Crippen MR) is 71.6 cm³/mol. The van der Waals surface area contributed by atoms with E-state index >= 15 is 0 Å². The van der Waals surface area contributed by atoms with Gasteiger partial charge in [-0.05, 0) is 58.1 Å². The number of allylic oxidation sites excluding steroid dienone is 1. The highest BCUT2D eigenvalue weighted by Gasteiger charge is 2.54. The lowest BCUT2D eigenvalue weighted by Gasteiger charge is -2.43. The van der Waals surface area contributed by atoms with Gasteiger partial charge in [-0.2, -0.15) is 0 Å². The summed E-state index contributed by atoms with van der Waals surface area (Å²) in [5.41, 5.74) is -1.16. The Kier molecular flexibility index (Phi) is 3.35. The maximum Gasteiger partial charge on any atom is 0.331 e. The summed E-state index contributed by atoms with van der Waals surface area (Å²) in [7, 11) is 0. The summed E-state index contributed by atoms with van der Waals surface area (Å²) in [5.74, 6) is -1.17. The molecule has 1 saturated carbocycles. The first-order chi connectivity index (χ1) is 8.66. The molecule has 0 aromatic heterocycles. The lowest BCUT2D eigenvalue weighted by Crippen LogP contribution is -2.50. The van der Waals surface area contributed by atoms with E-state index in [-0.39, 0.29) is 17.4 Å². The van der Waals surface area contributed by atoms with E-state index in [1.54, 1.807) is 13.0 Å². The van der Waals surface area contributed by atoms with Gasteiger partial charge in [-0.25, -0.2) is 4.79 Å². The minimum atomic E-state index is -1.37. The fourth-order valence-corrected chi connectivity index (χ4v) is 3.90. The Morgan fingerprint density at radius 3 is 2.68 bits per heavy atom. The number of hydrogen-bond acceptors (Lipinski definition) is 3. The summed E-state index contributed by atoms with van der Waals surface area (Å²) < 4.78 is 0. The molecule has 106 valence electrons. The molecule has 4 atom stereocenters. The van der Waals surface area contributed by atoms with E-state index in [0.29, 0.717) is 6.42 Å². The molecule has 0 saturated heterocycles. The molecular formula is C15H22O4. The SMILES string of the molecule is CC1=C[C@@](O)(C=C(C)C(=O)O)[C@H]2[C@@H](CC[C@]2(C)O)C1. The zero-order chi connectivity index (χ0) is 14.4. The van der Waals surface area contributed by atoms with E-state index in [1.165, 1.54) is 13.0 Å². The molecule has 3 N–H and O–H groups in total. The van der Waals surface area contributed by atoms with Gasteiger partial charge < -0.3 is 15.3 Å². The van der Waals surface area contributed by atoms with Crippen molar-refractivity contribution < 1.29 is 20.1 Å². The molecular weight excluding hydrogens is 244 g/mol. The van der Waals surface area contributed by atoms with Crippen molar-refractivity contribution in [1.29, 1.82) is 0 Å². The zero-order valence-electron chi connectivity index (χ0n) is 11.7. The highest BCUT2D eigenvalue weighted by Crippen LogP contribution is 2.52. The van der Waals surface area contributed by atoms with Crippen LogP contribution in [0.5, 0.6) is 0 Å². The normalized spacial score (nSPS) is 42.8. The molecule has 0 unspecified atom stereocenters. The van der Waals surface area contributed by atoms with Crippen LogP contribution in [0.1, 0.15) is 40.0 Å². The lowest BCUT2D eigenvalue weighted by atomic mass is 9.67. The fraction of sp³-hybridized carbons (Fsp3) is 0.667. The van der Waals surface area contributed by atoms with Gasteiger partial charge in [-0.3, -0.25) is 0 Å². The van der Waals surface area contributed by atoms with Gasteiger partial charge in [0, 0.05) is 11.5 Å². The molecule has 0 aromatic rings. The molecule has 0 bridgehead atoms. The maximum absolute atomic E-state index is 11.0. The van der Waals surface area contributed by atoms with Crippen LogP contribution in [0, 0.1) is 11.8 Å². The molecule has 1 fully saturated rings. The van der Waals surface area contributed by atoms with Crippen molar-refractivity contribution in [2.24, 2.45) is 11.8 Å². The van der Waals surface area contributed by atoms with E-state index in [2.05, 4.69) is 0 Å². The van der Waals surface area contributed by atoms with Crippen LogP contribution in [0.15, 0.2) is 23.3 Å². The average molecular weight is 266 g/mol. The number of aliphatic hydroxyl groups is 2. The van der Waals surface area contributed by atoms with E-state index in [4.69, 9.17) is 5.11 Å². The number of carboxylic acids is 1. The quantitative estimate of drug-likeness (QED) is 0.527. The third-order valence-electron chi connectivity index (χ3n) is 4.51. The minimum absolute atomic E-state index is 0.106. The Labute approximate surface area is 113 Å². The van der Waals surface area contributed by atoms with Crippen LogP contribution in [0.3, 0.4) is 0 Å². The first-order valence-electron chi connectivity index (χ1n) is 6.71. The highest BCUT2D eigenvalue weighted by molar-refractivity contribution is 5.86. The monoisotopic (exact) mass is 266 g/mol. The molecule has 0 spiro atoms. The van der Waals surface area contributed by atoms with Gasteiger partial charge in [-0.1, -0.05) is 5.57 Å². The van der Waals surface area contributed by atoms with E-state index in [0.717, 1.165) is 18.4 Å². The highest BCUT2D eigenvalue weighted by atomic mass is 16.4. The molecule has 2 aliphatic carbocycles. The molecule has 2 rings (SSSR count). The second-order valence-electron chi connectivity index (χ2n) is 6.35. The van der Waals surface area contributed by atoms with Crippen molar-refractivity contribution in [3.63, 3.8) is 0 Å². The summed E-state index contributed by atoms with van der Waals surface area (Å²) in [5, 5.41) is 30.4. The van der Waals surface area contributed by atoms with Crippen molar-refractivity contribution in [2.45, 2.75) is 51.2 Å². The van der Waals surface area contributed by atoms with Crippen molar-refractivity contribution in [3.8, 4) is 0 Å². The Balaban J connectivity index is 2.48. The second-order valence-corrected chi connectivity index (χ2v) is 6.35. The van der Waals surface area contributed by atoms with Gasteiger partial charge in [0.2, 0.25) is 0 Å². The van der Waals surface area contributed by atoms with Gasteiger partial charge in [0.1, 0.15) is 5.60 Å². The second kappa shape index (κ2) is 4.46. The van der Waals surface area contributed by atoms with Gasteiger partial charge in [0.25, 0.3) is 0 Å². The van der Waals surface area contributed by atoms with E-state index in [1.807, 2.05) is 6.92 Å². The van der Waals surface area contributed by atoms with Gasteiger partial charge >= 0.3 is 5.97 Å². The van der Waals surface area contributed by atoms with E-state index < -0.39 is 17.2 Å². The Hall–Kier alpha value is -1.13. The summed E-state index contributed by atoms with van der Waals surface area (Å²) in [6.45, 7) is 5.15. The average Bonchev–Trinajstić information content (AvgIpc) is 2.53. The Morgan fingerprint density at radius 1 is 1.47 bits per heavy atom. The van der Waals surface area contributed by atoms with Crippen molar-refractivity contribution in [2.75, 3.05) is 0 Å². The Morgan fingerprint density at radius 2 is 2.11 bits per heavy atom. The number of fused-ring (bicyclic) bond motifs is 1. The zero-order valence-corrected chi connectivity index (χ0v) is 11.7. The molecule has 4 heteroatoms. The molecule has 19 heavy (non-hydrogen) atoms. The van der Waals surface area contributed by atoms with Crippen LogP contribution >= 0.6 is 0 Å². The molecule has 4 nitrogen and oxygen atoms in total. The molecule has 0 heterocycles. The van der Waals surface area contributed by atoms with Gasteiger partial charge in [-0.15, -0.1) is 0 Å². The number of rotatable bonds is 2. The van der Waals surface area contributed by atoms with Crippen molar-refractivity contribution in [3.05, 3.63) is 23.3 Å². The van der Waals surface area contributed by atoms with Crippen LogP contribution in [0.2, 0.25) is 0 Å². The number of carboxylic acid groups (broad SMARTS) is 1. The Bertz CT molecular complexity index is 461. The summed E-state index contributed by atoms with van der Waals surface area (Å²) in [4.78, 5) is 11.0. The van der Waals surface area contributed by atoms with Gasteiger partial charge in [0.15, 0.2) is 0 Å². The van der Waals surface area contributed by atoms with Crippen molar-refractivity contribution in [1.82, 2.24) is 0 Å². The first kappa shape index (κ1) is 14.3. The minimum Gasteiger partial charge on any atom is -0.478 e. The summed E-state index contributed by atoms with van der Waals surface area (Å²) in [6.07, 6.45) is 5.47. The molecule has 0 amide bonds. The summed E-state index contributed by atoms with van der Waals surface area (Å²) in [6, 6.07) is 0. The lowest BCUT2D eigenvalue weighted by molar-refractivity contribution is -0.133. The van der Waals surface area contributed by atoms with Crippen LogP contribution in [-0.2, 0) is 4.79 Å². The molecule has 0 radical (unpaired) electrons. The third kappa shape index (κ3) is 2.47. The van der Waals surface area contributed by atoms with E-state index in [9.17, 15) is 15.0 Å². The van der Waals surface area contributed by atoms with Gasteiger partial charge in [0.05, 0.1) is 5.60 Å². The van der Waals surface area contributed by atoms with Crippen LogP contribution in [0.25, 0.3) is 0 Å². The number of hydrogen-bond donors (Lipinski definition) is 3. The van der Waals surface area contributed by atoms with Crippen LogP contribution in [0.4, 0.5) is 0 Å². The van der Waals surface area contributed by atoms with Crippen LogP contribution in [-0.4, -0.2) is 32.5 Å². The standard InChI is InChI=1S/C15H22O4/c1-9-6-11-4-5-14(3,18)12(11)15(19,7-9)8-10(2)13(16)17/h7-8,11-12,18-19H,4-6H2,1-3H3,(H,16,17)/t11-,12-,14-,15+/m0/s1. The fourth-order valence-electron chi connectivity index (χ4n) is 3.90.